The molecule has 1 heterocycles. The van der Waals surface area contributed by atoms with Crippen molar-refractivity contribution < 1.29 is 28.6 Å². The van der Waals surface area contributed by atoms with E-state index in [1.54, 1.807) is 24.3 Å². The number of aliphatic hydroxyl groups excluding tert-OH is 1. The molecule has 2 aromatic carbocycles. The van der Waals surface area contributed by atoms with E-state index in [0.29, 0.717) is 16.4 Å². The Morgan fingerprint density at radius 2 is 1.85 bits per heavy atom. The van der Waals surface area contributed by atoms with Gasteiger partial charge in [0.2, 0.25) is 5.91 Å². The Morgan fingerprint density at radius 3 is 2.52 bits per heavy atom. The van der Waals surface area contributed by atoms with Crippen LogP contribution in [-0.4, -0.2) is 66.7 Å². The van der Waals surface area contributed by atoms with Crippen molar-refractivity contribution in [1.82, 2.24) is 4.90 Å². The lowest BCUT2D eigenvalue weighted by molar-refractivity contribution is -0.121. The highest BCUT2D eigenvalue weighted by Crippen LogP contribution is 2.24. The Balaban J connectivity index is 1.63. The number of ketones is 1. The molecule has 0 unspecified atom stereocenters. The second kappa shape index (κ2) is 11.1. The van der Waals surface area contributed by atoms with Gasteiger partial charge in [0.1, 0.15) is 18.5 Å². The molecule has 3 amide bonds. The molecule has 0 aliphatic carbocycles. The van der Waals surface area contributed by atoms with E-state index in [4.69, 9.17) is 16.3 Å². The number of Topliss-reactive ketones (excluding diaryl/α,β-unsaturated/α-hetero) is 1. The summed E-state index contributed by atoms with van der Waals surface area (Å²) in [5.41, 5.74) is 0.742. The zero-order valence-electron chi connectivity index (χ0n) is 17.8. The molecule has 11 heteroatoms. The predicted molar refractivity (Wildman–Crippen MR) is 122 cm³/mol. The lowest BCUT2D eigenvalue weighted by Gasteiger charge is -2.24. The van der Waals surface area contributed by atoms with Gasteiger partial charge in [-0.15, -0.1) is 0 Å². The smallest absolute Gasteiger partial charge is 0.322 e. The normalized spacial score (nSPS) is 17.5. The third kappa shape index (κ3) is 6.64. The van der Waals surface area contributed by atoms with Gasteiger partial charge in [-0.3, -0.25) is 9.59 Å². The Morgan fingerprint density at radius 1 is 1.15 bits per heavy atom. The predicted octanol–water partition coefficient (Wildman–Crippen LogP) is 2.71. The molecule has 1 saturated heterocycles. The fourth-order valence-electron chi connectivity index (χ4n) is 3.37. The van der Waals surface area contributed by atoms with Gasteiger partial charge in [0.15, 0.2) is 5.78 Å². The molecule has 1 aliphatic heterocycles. The summed E-state index contributed by atoms with van der Waals surface area (Å²) in [5.74, 6) is -1.55. The lowest BCUT2D eigenvalue weighted by Crippen LogP contribution is -2.45. The zero-order chi connectivity index (χ0) is 24.0. The largest absolute Gasteiger partial charge is 0.391 e. The molecule has 2 aromatic rings. The Labute approximate surface area is 194 Å². The van der Waals surface area contributed by atoms with Gasteiger partial charge < -0.3 is 30.7 Å². The van der Waals surface area contributed by atoms with Crippen LogP contribution >= 0.6 is 11.6 Å². The molecule has 176 valence electrons. The van der Waals surface area contributed by atoms with Crippen molar-refractivity contribution in [2.24, 2.45) is 0 Å². The average molecular weight is 479 g/mol. The van der Waals surface area contributed by atoms with Crippen LogP contribution in [0.5, 0.6) is 0 Å². The fraction of sp³-hybridized carbons (Fsp3) is 0.318. The number of ether oxygens (including phenoxy) is 1. The number of β-amino-alcohol motifs (C(OH)–C–C–N with tert-alkyl or cyclic N) is 1. The van der Waals surface area contributed by atoms with Crippen LogP contribution in [0.4, 0.5) is 26.2 Å². The number of urea groups is 1. The first-order valence-electron chi connectivity index (χ1n) is 10.1. The van der Waals surface area contributed by atoms with E-state index in [1.165, 1.54) is 24.1 Å². The second-order valence-electron chi connectivity index (χ2n) is 7.50. The number of hydrogen-bond donors (Lipinski definition) is 4. The molecule has 33 heavy (non-hydrogen) atoms. The van der Waals surface area contributed by atoms with Crippen LogP contribution in [0, 0.1) is 5.82 Å². The van der Waals surface area contributed by atoms with Gasteiger partial charge in [-0.1, -0.05) is 11.6 Å². The quantitative estimate of drug-likeness (QED) is 0.463. The molecule has 9 nitrogen and oxygen atoms in total. The number of amides is 3. The van der Waals surface area contributed by atoms with Crippen molar-refractivity contribution in [3.05, 3.63) is 53.3 Å². The molecule has 0 aromatic heterocycles. The molecule has 2 atom stereocenters. The first-order valence-corrected chi connectivity index (χ1v) is 10.5. The van der Waals surface area contributed by atoms with Crippen molar-refractivity contribution in [3.8, 4) is 0 Å². The number of nitrogens with zero attached hydrogens (tertiary/aromatic N) is 1. The minimum absolute atomic E-state index is 0.0166. The first-order chi connectivity index (χ1) is 15.8. The minimum atomic E-state index is -0.990. The van der Waals surface area contributed by atoms with Crippen LogP contribution in [0.3, 0.4) is 0 Å². The number of rotatable bonds is 8. The lowest BCUT2D eigenvalue weighted by atomic mass is 10.1. The van der Waals surface area contributed by atoms with Crippen LogP contribution in [0.1, 0.15) is 6.42 Å². The van der Waals surface area contributed by atoms with Crippen LogP contribution in [0.2, 0.25) is 5.02 Å². The summed E-state index contributed by atoms with van der Waals surface area (Å²) < 4.78 is 19.2. The number of carbonyl (C=O) groups is 3. The van der Waals surface area contributed by atoms with Gasteiger partial charge in [-0.2, -0.15) is 0 Å². The fourth-order valence-corrected chi connectivity index (χ4v) is 3.50. The monoisotopic (exact) mass is 478 g/mol. The molecule has 4 N–H and O–H groups in total. The van der Waals surface area contributed by atoms with Crippen LogP contribution in [-0.2, 0) is 14.3 Å². The van der Waals surface area contributed by atoms with Gasteiger partial charge >= 0.3 is 6.03 Å². The van der Waals surface area contributed by atoms with Gasteiger partial charge in [-0.05, 0) is 42.5 Å². The highest BCUT2D eigenvalue weighted by molar-refractivity contribution is 6.30. The van der Waals surface area contributed by atoms with E-state index in [9.17, 15) is 23.9 Å². The van der Waals surface area contributed by atoms with E-state index in [-0.39, 0.29) is 37.6 Å². The van der Waals surface area contributed by atoms with Crippen molar-refractivity contribution >= 4 is 46.4 Å². The van der Waals surface area contributed by atoms with Crippen molar-refractivity contribution in [3.63, 3.8) is 0 Å². The summed E-state index contributed by atoms with van der Waals surface area (Å²) in [6, 6.07) is 8.86. The number of benzene rings is 2. The molecule has 0 bridgehead atoms. The van der Waals surface area contributed by atoms with Gasteiger partial charge in [0.25, 0.3) is 0 Å². The topological polar surface area (TPSA) is 120 Å². The van der Waals surface area contributed by atoms with E-state index >= 15 is 0 Å². The maximum atomic E-state index is 14.5. The number of likely N-dealkylation sites (tertiary alicyclic amines) is 1. The summed E-state index contributed by atoms with van der Waals surface area (Å²) in [5, 5.41) is 18.4. The molecule has 3 rings (SSSR count). The minimum Gasteiger partial charge on any atom is -0.391 e. The van der Waals surface area contributed by atoms with Crippen molar-refractivity contribution in [2.75, 3.05) is 42.8 Å². The summed E-state index contributed by atoms with van der Waals surface area (Å²) in [4.78, 5) is 38.2. The second-order valence-corrected chi connectivity index (χ2v) is 7.94. The molecule has 0 radical (unpaired) electrons. The summed E-state index contributed by atoms with van der Waals surface area (Å²) >= 11 is 5.84. The Bertz CT molecular complexity index is 1020. The number of anilines is 3. The van der Waals surface area contributed by atoms with Crippen LogP contribution in [0.15, 0.2) is 42.5 Å². The van der Waals surface area contributed by atoms with E-state index in [1.807, 2.05) is 0 Å². The van der Waals surface area contributed by atoms with E-state index in [0.717, 1.165) is 6.07 Å². The highest BCUT2D eigenvalue weighted by atomic mass is 35.5. The Hall–Kier alpha value is -3.21. The number of aliphatic hydroxyl groups is 1. The van der Waals surface area contributed by atoms with Crippen molar-refractivity contribution in [2.45, 2.75) is 18.6 Å². The maximum absolute atomic E-state index is 14.5. The first kappa shape index (κ1) is 24.4. The average Bonchev–Trinajstić information content (AvgIpc) is 3.18. The van der Waals surface area contributed by atoms with Gasteiger partial charge in [-0.25, -0.2) is 9.18 Å². The maximum Gasteiger partial charge on any atom is 0.322 e. The highest BCUT2D eigenvalue weighted by Gasteiger charge is 2.39. The standard InChI is InChI=1S/C22H24ClFN4O5/c1-33-12-17(30)10-25-15-6-7-19(18(24)8-15)27-21(31)20-9-16(29)11-28(20)22(32)26-14-4-2-13(23)3-5-14/h2-8,16,20,25,29H,9-12H2,1H3,(H,26,32)(H,27,31)/t16-,20-/m1/s1. The molecule has 1 fully saturated rings. The Kier molecular flexibility index (Phi) is 8.21. The molecule has 1 aliphatic rings. The number of halogens is 2. The number of nitrogens with one attached hydrogen (secondary N) is 3. The molecule has 0 spiro atoms. The summed E-state index contributed by atoms with van der Waals surface area (Å²) in [6.45, 7) is -0.131. The zero-order valence-corrected chi connectivity index (χ0v) is 18.6. The molecule has 0 saturated carbocycles. The van der Waals surface area contributed by atoms with Gasteiger partial charge in [0, 0.05) is 36.5 Å². The van der Waals surface area contributed by atoms with Crippen LogP contribution < -0.4 is 16.0 Å². The SMILES string of the molecule is COCC(=O)CNc1ccc(NC(=O)[C@H]2C[C@@H](O)CN2C(=O)Nc2ccc(Cl)cc2)c(F)c1. The van der Waals surface area contributed by atoms with E-state index < -0.39 is 29.9 Å². The van der Waals surface area contributed by atoms with Crippen LogP contribution in [0.25, 0.3) is 0 Å². The molecular weight excluding hydrogens is 455 g/mol. The summed E-state index contributed by atoms with van der Waals surface area (Å²) in [7, 11) is 1.40. The van der Waals surface area contributed by atoms with E-state index in [2.05, 4.69) is 16.0 Å². The number of methoxy groups -OCH3 is 1. The third-order valence-electron chi connectivity index (χ3n) is 4.96. The number of hydrogen-bond acceptors (Lipinski definition) is 6. The summed E-state index contributed by atoms with van der Waals surface area (Å²) in [6.07, 6.45) is -0.874. The van der Waals surface area contributed by atoms with Crippen molar-refractivity contribution in [1.29, 1.82) is 0 Å². The third-order valence-corrected chi connectivity index (χ3v) is 5.21. The molecular formula is C22H24ClFN4O5. The number of carbonyl (C=O) groups excluding carboxylic acids is 3. The van der Waals surface area contributed by atoms with Gasteiger partial charge in [0.05, 0.1) is 18.3 Å².